The second kappa shape index (κ2) is 4.92. The molecule has 1 fully saturated rings. The molecule has 1 aliphatic rings. The fourth-order valence-electron chi connectivity index (χ4n) is 2.57. The zero-order valence-corrected chi connectivity index (χ0v) is 12.9. The third-order valence-corrected chi connectivity index (χ3v) is 6.65. The third kappa shape index (κ3) is 2.34. The summed E-state index contributed by atoms with van der Waals surface area (Å²) in [7, 11) is -3.37. The van der Waals surface area contributed by atoms with E-state index in [-0.39, 0.29) is 12.1 Å². The summed E-state index contributed by atoms with van der Waals surface area (Å²) >= 11 is 1.54. The van der Waals surface area contributed by atoms with Gasteiger partial charge in [-0.05, 0) is 33.8 Å². The maximum atomic E-state index is 12.7. The standard InChI is InChI=1S/C12H20N2O2S2/c1-8-6-13-7-9(2)14(8)18(15,16)12-5-10(3)17-11(12)4/h5,8-9,13H,6-7H2,1-4H3. The van der Waals surface area contributed by atoms with Gasteiger partial charge in [-0.3, -0.25) is 0 Å². The summed E-state index contributed by atoms with van der Waals surface area (Å²) in [6.07, 6.45) is 0. The van der Waals surface area contributed by atoms with Gasteiger partial charge in [0.1, 0.15) is 0 Å². The van der Waals surface area contributed by atoms with Gasteiger partial charge >= 0.3 is 0 Å². The van der Waals surface area contributed by atoms with Gasteiger partial charge in [0.25, 0.3) is 0 Å². The van der Waals surface area contributed by atoms with E-state index in [1.54, 1.807) is 21.7 Å². The first-order valence-electron chi connectivity index (χ1n) is 6.15. The van der Waals surface area contributed by atoms with E-state index >= 15 is 0 Å². The van der Waals surface area contributed by atoms with Crippen LogP contribution in [0.15, 0.2) is 11.0 Å². The van der Waals surface area contributed by atoms with Crippen molar-refractivity contribution in [2.45, 2.75) is 44.7 Å². The predicted molar refractivity (Wildman–Crippen MR) is 74.6 cm³/mol. The van der Waals surface area contributed by atoms with Crippen molar-refractivity contribution < 1.29 is 8.42 Å². The molecule has 0 saturated carbocycles. The molecule has 1 aliphatic heterocycles. The molecule has 0 amide bonds. The average Bonchev–Trinajstić information content (AvgIpc) is 2.57. The Kier molecular flexibility index (Phi) is 3.82. The molecule has 2 rings (SSSR count). The van der Waals surface area contributed by atoms with Crippen LogP contribution >= 0.6 is 11.3 Å². The Morgan fingerprint density at radius 3 is 2.28 bits per heavy atom. The van der Waals surface area contributed by atoms with Crippen LogP contribution in [0.25, 0.3) is 0 Å². The van der Waals surface area contributed by atoms with E-state index in [0.717, 1.165) is 9.75 Å². The summed E-state index contributed by atoms with van der Waals surface area (Å²) in [5.41, 5.74) is 0. The maximum Gasteiger partial charge on any atom is 0.244 e. The quantitative estimate of drug-likeness (QED) is 0.902. The first-order chi connectivity index (χ1) is 8.34. The van der Waals surface area contributed by atoms with E-state index < -0.39 is 10.0 Å². The maximum absolute atomic E-state index is 12.7. The summed E-state index contributed by atoms with van der Waals surface area (Å²) < 4.78 is 27.1. The van der Waals surface area contributed by atoms with Crippen LogP contribution in [0.1, 0.15) is 23.6 Å². The van der Waals surface area contributed by atoms with Crippen molar-refractivity contribution in [1.82, 2.24) is 9.62 Å². The normalized spacial score (nSPS) is 26.4. The molecule has 2 unspecified atom stereocenters. The Balaban J connectivity index is 2.44. The summed E-state index contributed by atoms with van der Waals surface area (Å²) in [4.78, 5) is 2.40. The van der Waals surface area contributed by atoms with Crippen molar-refractivity contribution in [2.75, 3.05) is 13.1 Å². The zero-order valence-electron chi connectivity index (χ0n) is 11.2. The second-order valence-electron chi connectivity index (χ2n) is 4.97. The number of nitrogens with one attached hydrogen (secondary N) is 1. The Morgan fingerprint density at radius 1 is 1.28 bits per heavy atom. The Bertz CT molecular complexity index is 526. The van der Waals surface area contributed by atoms with Crippen LogP contribution in [0.3, 0.4) is 0 Å². The number of thiophene rings is 1. The lowest BCUT2D eigenvalue weighted by molar-refractivity contribution is 0.220. The smallest absolute Gasteiger partial charge is 0.244 e. The Labute approximate surface area is 113 Å². The molecule has 0 aromatic carbocycles. The molecule has 2 heterocycles. The number of piperazine rings is 1. The topological polar surface area (TPSA) is 49.4 Å². The van der Waals surface area contributed by atoms with E-state index in [2.05, 4.69) is 5.32 Å². The summed E-state index contributed by atoms with van der Waals surface area (Å²) in [6, 6.07) is 1.79. The van der Waals surface area contributed by atoms with Crippen LogP contribution < -0.4 is 5.32 Å². The van der Waals surface area contributed by atoms with Crippen molar-refractivity contribution in [1.29, 1.82) is 0 Å². The lowest BCUT2D eigenvalue weighted by Crippen LogP contribution is -2.57. The SMILES string of the molecule is Cc1cc(S(=O)(=O)N2C(C)CNCC2C)c(C)s1. The van der Waals surface area contributed by atoms with Gasteiger partial charge in [-0.15, -0.1) is 11.3 Å². The van der Waals surface area contributed by atoms with E-state index in [1.165, 1.54) is 0 Å². The van der Waals surface area contributed by atoms with Crippen molar-refractivity contribution >= 4 is 21.4 Å². The van der Waals surface area contributed by atoms with Crippen LogP contribution in [0.2, 0.25) is 0 Å². The van der Waals surface area contributed by atoms with Gasteiger partial charge in [-0.2, -0.15) is 4.31 Å². The average molecular weight is 288 g/mol. The van der Waals surface area contributed by atoms with Gasteiger partial charge in [0, 0.05) is 34.9 Å². The zero-order chi connectivity index (χ0) is 13.5. The fraction of sp³-hybridized carbons (Fsp3) is 0.667. The molecule has 0 spiro atoms. The molecule has 1 saturated heterocycles. The fourth-order valence-corrected chi connectivity index (χ4v) is 5.91. The highest BCUT2D eigenvalue weighted by Gasteiger charge is 2.36. The molecule has 6 heteroatoms. The highest BCUT2D eigenvalue weighted by molar-refractivity contribution is 7.89. The van der Waals surface area contributed by atoms with Crippen molar-refractivity contribution in [3.63, 3.8) is 0 Å². The molecule has 1 aromatic heterocycles. The molecule has 0 radical (unpaired) electrons. The predicted octanol–water partition coefficient (Wildman–Crippen LogP) is 1.74. The molecule has 2 atom stereocenters. The monoisotopic (exact) mass is 288 g/mol. The van der Waals surface area contributed by atoms with Gasteiger partial charge in [0.15, 0.2) is 0 Å². The number of aryl methyl sites for hydroxylation is 2. The van der Waals surface area contributed by atoms with E-state index in [9.17, 15) is 8.42 Å². The third-order valence-electron chi connectivity index (χ3n) is 3.30. The van der Waals surface area contributed by atoms with Gasteiger partial charge in [0.2, 0.25) is 10.0 Å². The molecule has 1 aromatic rings. The number of nitrogens with zero attached hydrogens (tertiary/aromatic N) is 1. The molecule has 1 N–H and O–H groups in total. The lowest BCUT2D eigenvalue weighted by atomic mass is 10.2. The highest BCUT2D eigenvalue weighted by atomic mass is 32.2. The molecule has 102 valence electrons. The van der Waals surface area contributed by atoms with E-state index in [4.69, 9.17) is 0 Å². The number of hydrogen-bond acceptors (Lipinski definition) is 4. The Morgan fingerprint density at radius 2 is 1.83 bits per heavy atom. The van der Waals surface area contributed by atoms with Crippen LogP contribution in [-0.4, -0.2) is 37.9 Å². The van der Waals surface area contributed by atoms with E-state index in [0.29, 0.717) is 18.0 Å². The van der Waals surface area contributed by atoms with Crippen molar-refractivity contribution in [2.24, 2.45) is 0 Å². The summed E-state index contributed by atoms with van der Waals surface area (Å²) in [5, 5.41) is 3.25. The van der Waals surface area contributed by atoms with Gasteiger partial charge in [0.05, 0.1) is 4.90 Å². The first-order valence-corrected chi connectivity index (χ1v) is 8.41. The molecular weight excluding hydrogens is 268 g/mol. The molecule has 0 bridgehead atoms. The molecule has 4 nitrogen and oxygen atoms in total. The van der Waals surface area contributed by atoms with Crippen LogP contribution in [0, 0.1) is 13.8 Å². The molecule has 18 heavy (non-hydrogen) atoms. The number of hydrogen-bond donors (Lipinski definition) is 1. The van der Waals surface area contributed by atoms with Crippen LogP contribution in [0.5, 0.6) is 0 Å². The number of rotatable bonds is 2. The van der Waals surface area contributed by atoms with Crippen molar-refractivity contribution in [3.8, 4) is 0 Å². The van der Waals surface area contributed by atoms with E-state index in [1.807, 2.05) is 27.7 Å². The second-order valence-corrected chi connectivity index (χ2v) is 8.24. The minimum atomic E-state index is -3.37. The summed E-state index contributed by atoms with van der Waals surface area (Å²) in [5.74, 6) is 0. The highest BCUT2D eigenvalue weighted by Crippen LogP contribution is 2.30. The van der Waals surface area contributed by atoms with Gasteiger partial charge in [-0.1, -0.05) is 0 Å². The molecular formula is C12H20N2O2S2. The van der Waals surface area contributed by atoms with Gasteiger partial charge < -0.3 is 5.32 Å². The minimum Gasteiger partial charge on any atom is -0.314 e. The lowest BCUT2D eigenvalue weighted by Gasteiger charge is -2.38. The van der Waals surface area contributed by atoms with Gasteiger partial charge in [-0.25, -0.2) is 8.42 Å². The Hall–Kier alpha value is -0.430. The molecule has 0 aliphatic carbocycles. The first kappa shape index (κ1) is 14.0. The van der Waals surface area contributed by atoms with Crippen molar-refractivity contribution in [3.05, 3.63) is 15.8 Å². The number of sulfonamides is 1. The van der Waals surface area contributed by atoms with Crippen LogP contribution in [0.4, 0.5) is 0 Å². The largest absolute Gasteiger partial charge is 0.314 e. The minimum absolute atomic E-state index is 0.00152. The van der Waals surface area contributed by atoms with Crippen LogP contribution in [-0.2, 0) is 10.0 Å². The summed E-state index contributed by atoms with van der Waals surface area (Å²) in [6.45, 7) is 9.16.